The van der Waals surface area contributed by atoms with E-state index in [1.165, 1.54) is 22.7 Å². The van der Waals surface area contributed by atoms with E-state index in [4.69, 9.17) is 9.15 Å². The molecule has 1 aromatic heterocycles. The van der Waals surface area contributed by atoms with E-state index >= 15 is 0 Å². The Morgan fingerprint density at radius 2 is 1.91 bits per heavy atom. The Balaban J connectivity index is 1.55. The number of amidine groups is 1. The summed E-state index contributed by atoms with van der Waals surface area (Å²) in [5.74, 6) is 0.0552. The zero-order valence-electron chi connectivity index (χ0n) is 18.3. The van der Waals surface area contributed by atoms with Crippen LogP contribution in [0.1, 0.15) is 23.0 Å². The van der Waals surface area contributed by atoms with Gasteiger partial charge >= 0.3 is 5.97 Å². The quantitative estimate of drug-likeness (QED) is 0.206. The summed E-state index contributed by atoms with van der Waals surface area (Å²) in [5, 5.41) is 11.8. The van der Waals surface area contributed by atoms with Crippen molar-refractivity contribution in [3.05, 3.63) is 87.0 Å². The van der Waals surface area contributed by atoms with Crippen molar-refractivity contribution >= 4 is 46.3 Å². The highest BCUT2D eigenvalue weighted by atomic mass is 32.2. The standard InChI is InChI=1S/C24H19N3O6S/c1-3-32-23(29)15-8-10-16(11-9-15)25-24-26(2)22(28)21(34-24)14-17-12-13-20(33-17)18-6-4-5-7-19(18)27(30)31/h4-14H,3H2,1-2H3. The molecule has 0 bridgehead atoms. The summed E-state index contributed by atoms with van der Waals surface area (Å²) in [4.78, 5) is 41.6. The van der Waals surface area contributed by atoms with Crippen LogP contribution in [0.15, 0.2) is 75.0 Å². The van der Waals surface area contributed by atoms with Crippen molar-refractivity contribution in [2.45, 2.75) is 6.92 Å². The molecule has 1 saturated heterocycles. The van der Waals surface area contributed by atoms with Crippen molar-refractivity contribution in [3.63, 3.8) is 0 Å². The number of thioether (sulfide) groups is 1. The number of likely N-dealkylation sites (N-methyl/N-ethyl adjacent to an activating group) is 1. The van der Waals surface area contributed by atoms with Crippen LogP contribution in [0.4, 0.5) is 11.4 Å². The lowest BCUT2D eigenvalue weighted by Crippen LogP contribution is -2.23. The Bertz CT molecular complexity index is 1330. The number of nitro benzene ring substituents is 1. The molecule has 2 aromatic carbocycles. The molecule has 0 aliphatic carbocycles. The summed E-state index contributed by atoms with van der Waals surface area (Å²) in [6.45, 7) is 2.03. The van der Waals surface area contributed by atoms with E-state index in [9.17, 15) is 19.7 Å². The molecule has 2 heterocycles. The molecule has 172 valence electrons. The Kier molecular flexibility index (Phi) is 6.60. The number of benzene rings is 2. The van der Waals surface area contributed by atoms with Gasteiger partial charge in [-0.3, -0.25) is 19.8 Å². The third-order valence-corrected chi connectivity index (χ3v) is 5.93. The van der Waals surface area contributed by atoms with Gasteiger partial charge in [-0.05, 0) is 61.2 Å². The first-order valence-electron chi connectivity index (χ1n) is 10.2. The van der Waals surface area contributed by atoms with Crippen molar-refractivity contribution in [2.24, 2.45) is 4.99 Å². The van der Waals surface area contributed by atoms with Gasteiger partial charge < -0.3 is 9.15 Å². The van der Waals surface area contributed by atoms with Crippen molar-refractivity contribution in [3.8, 4) is 11.3 Å². The SMILES string of the molecule is CCOC(=O)c1ccc(N=C2SC(=Cc3ccc(-c4ccccc4[N+](=O)[O-])o3)C(=O)N2C)cc1. The second-order valence-electron chi connectivity index (χ2n) is 7.11. The highest BCUT2D eigenvalue weighted by Gasteiger charge is 2.31. The maximum absolute atomic E-state index is 12.7. The number of esters is 1. The van der Waals surface area contributed by atoms with Crippen LogP contribution >= 0.6 is 11.8 Å². The Labute approximate surface area is 198 Å². The Morgan fingerprint density at radius 3 is 2.62 bits per heavy atom. The van der Waals surface area contributed by atoms with Crippen LogP contribution in [0, 0.1) is 10.1 Å². The predicted octanol–water partition coefficient (Wildman–Crippen LogP) is 5.27. The first-order valence-corrected chi connectivity index (χ1v) is 11.1. The van der Waals surface area contributed by atoms with Crippen LogP contribution < -0.4 is 0 Å². The molecule has 1 amide bonds. The molecular weight excluding hydrogens is 458 g/mol. The molecule has 1 fully saturated rings. The minimum absolute atomic E-state index is 0.0644. The van der Waals surface area contributed by atoms with Crippen molar-refractivity contribution < 1.29 is 23.7 Å². The maximum Gasteiger partial charge on any atom is 0.338 e. The monoisotopic (exact) mass is 477 g/mol. The van der Waals surface area contributed by atoms with Crippen LogP contribution in [-0.2, 0) is 9.53 Å². The number of nitro groups is 1. The zero-order chi connectivity index (χ0) is 24.2. The van der Waals surface area contributed by atoms with E-state index in [0.717, 1.165) is 0 Å². The van der Waals surface area contributed by atoms with Crippen LogP contribution in [0.2, 0.25) is 0 Å². The number of para-hydroxylation sites is 1. The van der Waals surface area contributed by atoms with Crippen molar-refractivity contribution in [2.75, 3.05) is 13.7 Å². The fraction of sp³-hybridized carbons (Fsp3) is 0.125. The average molecular weight is 477 g/mol. The largest absolute Gasteiger partial charge is 0.462 e. The van der Waals surface area contributed by atoms with Gasteiger partial charge in [0.05, 0.1) is 33.2 Å². The third-order valence-electron chi connectivity index (χ3n) is 4.87. The highest BCUT2D eigenvalue weighted by molar-refractivity contribution is 8.18. The third kappa shape index (κ3) is 4.76. The number of aliphatic imine (C=N–C) groups is 1. The van der Waals surface area contributed by atoms with Crippen LogP contribution in [0.3, 0.4) is 0 Å². The number of hydrogen-bond acceptors (Lipinski definition) is 8. The molecule has 0 spiro atoms. The lowest BCUT2D eigenvalue weighted by Gasteiger charge is -2.07. The summed E-state index contributed by atoms with van der Waals surface area (Å²) in [7, 11) is 1.61. The van der Waals surface area contributed by atoms with Gasteiger partial charge in [0.15, 0.2) is 5.17 Å². The average Bonchev–Trinajstić information content (AvgIpc) is 3.40. The number of furan rings is 1. The second-order valence-corrected chi connectivity index (χ2v) is 8.12. The summed E-state index contributed by atoms with van der Waals surface area (Å²) in [6.07, 6.45) is 1.58. The number of carbonyl (C=O) groups excluding carboxylic acids is 2. The first kappa shape index (κ1) is 23.0. The van der Waals surface area contributed by atoms with Crippen molar-refractivity contribution in [1.82, 2.24) is 4.90 Å². The maximum atomic E-state index is 12.7. The molecule has 0 atom stereocenters. The van der Waals surface area contributed by atoms with Crippen LogP contribution in [0.25, 0.3) is 17.4 Å². The smallest absolute Gasteiger partial charge is 0.338 e. The number of nitrogens with zero attached hydrogens (tertiary/aromatic N) is 3. The second kappa shape index (κ2) is 9.75. The van der Waals surface area contributed by atoms with Gasteiger partial charge in [-0.15, -0.1) is 0 Å². The molecule has 34 heavy (non-hydrogen) atoms. The van der Waals surface area contributed by atoms with Gasteiger partial charge in [0.1, 0.15) is 11.5 Å². The van der Waals surface area contributed by atoms with E-state index in [1.54, 1.807) is 74.6 Å². The van der Waals surface area contributed by atoms with Gasteiger partial charge in [0.25, 0.3) is 11.6 Å². The van der Waals surface area contributed by atoms with E-state index in [1.807, 2.05) is 0 Å². The molecule has 0 N–H and O–H groups in total. The Hall–Kier alpha value is -4.18. The van der Waals surface area contributed by atoms with Crippen molar-refractivity contribution in [1.29, 1.82) is 0 Å². The van der Waals surface area contributed by atoms with E-state index in [-0.39, 0.29) is 11.6 Å². The molecule has 10 heteroatoms. The molecule has 9 nitrogen and oxygen atoms in total. The number of ether oxygens (including phenoxy) is 1. The lowest BCUT2D eigenvalue weighted by molar-refractivity contribution is -0.384. The molecule has 4 rings (SSSR count). The number of hydrogen-bond donors (Lipinski definition) is 0. The van der Waals surface area contributed by atoms with Gasteiger partial charge in [-0.1, -0.05) is 12.1 Å². The minimum Gasteiger partial charge on any atom is -0.462 e. The van der Waals surface area contributed by atoms with Crippen LogP contribution in [-0.4, -0.2) is 40.5 Å². The minimum atomic E-state index is -0.469. The molecule has 0 saturated carbocycles. The summed E-state index contributed by atoms with van der Waals surface area (Å²) in [5.41, 5.74) is 1.29. The van der Waals surface area contributed by atoms with E-state index < -0.39 is 10.9 Å². The first-order chi connectivity index (χ1) is 16.4. The molecular formula is C24H19N3O6S. The van der Waals surface area contributed by atoms with Gasteiger partial charge in [-0.25, -0.2) is 9.79 Å². The molecule has 1 aliphatic rings. The number of rotatable bonds is 6. The topological polar surface area (TPSA) is 115 Å². The normalized spacial score (nSPS) is 15.8. The number of carbonyl (C=O) groups is 2. The summed E-state index contributed by atoms with van der Waals surface area (Å²) >= 11 is 1.18. The van der Waals surface area contributed by atoms with E-state index in [0.29, 0.717) is 45.0 Å². The fourth-order valence-electron chi connectivity index (χ4n) is 3.19. The summed E-state index contributed by atoms with van der Waals surface area (Å²) in [6, 6.07) is 16.1. The predicted molar refractivity (Wildman–Crippen MR) is 129 cm³/mol. The van der Waals surface area contributed by atoms with Gasteiger partial charge in [0.2, 0.25) is 0 Å². The molecule has 1 aliphatic heterocycles. The van der Waals surface area contributed by atoms with Gasteiger partial charge in [0, 0.05) is 19.2 Å². The van der Waals surface area contributed by atoms with E-state index in [2.05, 4.69) is 4.99 Å². The Morgan fingerprint density at radius 1 is 1.18 bits per heavy atom. The molecule has 0 unspecified atom stereocenters. The zero-order valence-corrected chi connectivity index (χ0v) is 19.1. The van der Waals surface area contributed by atoms with Crippen LogP contribution in [0.5, 0.6) is 0 Å². The number of amides is 1. The lowest BCUT2D eigenvalue weighted by atomic mass is 10.1. The molecule has 0 radical (unpaired) electrons. The molecule has 3 aromatic rings. The highest BCUT2D eigenvalue weighted by Crippen LogP contribution is 2.35. The fourth-order valence-corrected chi connectivity index (χ4v) is 4.16. The summed E-state index contributed by atoms with van der Waals surface area (Å²) < 4.78 is 10.7. The van der Waals surface area contributed by atoms with Gasteiger partial charge in [-0.2, -0.15) is 0 Å².